The van der Waals surface area contributed by atoms with Gasteiger partial charge in [0.15, 0.2) is 5.96 Å². The molecule has 1 fully saturated rings. The lowest BCUT2D eigenvalue weighted by molar-refractivity contribution is -0.138. The van der Waals surface area contributed by atoms with Crippen molar-refractivity contribution in [2.24, 2.45) is 10.4 Å². The van der Waals surface area contributed by atoms with Crippen molar-refractivity contribution in [3.8, 4) is 0 Å². The van der Waals surface area contributed by atoms with Crippen LogP contribution in [0.2, 0.25) is 0 Å². The van der Waals surface area contributed by atoms with Gasteiger partial charge in [-0.05, 0) is 25.0 Å². The van der Waals surface area contributed by atoms with Gasteiger partial charge in [-0.1, -0.05) is 31.0 Å². The summed E-state index contributed by atoms with van der Waals surface area (Å²) >= 11 is 0. The van der Waals surface area contributed by atoms with E-state index in [1.165, 1.54) is 0 Å². The van der Waals surface area contributed by atoms with E-state index < -0.39 is 0 Å². The molecule has 27 heavy (non-hydrogen) atoms. The maximum atomic E-state index is 12.6. The molecular weight excluding hydrogens is 457 g/mol. The number of guanidine groups is 1. The second-order valence-electron chi connectivity index (χ2n) is 6.88. The van der Waals surface area contributed by atoms with E-state index in [2.05, 4.69) is 20.9 Å². The first-order chi connectivity index (χ1) is 12.5. The molecule has 1 aliphatic carbocycles. The summed E-state index contributed by atoms with van der Waals surface area (Å²) in [6.45, 7) is 0.618. The fourth-order valence-electron chi connectivity index (χ4n) is 3.36. The van der Waals surface area contributed by atoms with E-state index in [9.17, 15) is 9.59 Å². The van der Waals surface area contributed by atoms with Gasteiger partial charge in [-0.3, -0.25) is 14.6 Å². The topological polar surface area (TPSA) is 85.8 Å². The predicted molar refractivity (Wildman–Crippen MR) is 119 cm³/mol. The molecule has 3 N–H and O–H groups in total. The van der Waals surface area contributed by atoms with Crippen molar-refractivity contribution >= 4 is 47.4 Å². The third kappa shape index (κ3) is 6.67. The highest BCUT2D eigenvalue weighted by molar-refractivity contribution is 14.0. The molecule has 1 saturated carbocycles. The Morgan fingerprint density at radius 2 is 1.74 bits per heavy atom. The molecule has 0 unspecified atom stereocenters. The lowest BCUT2D eigenvalue weighted by Gasteiger charge is -2.31. The second kappa shape index (κ2) is 11.1. The number of anilines is 1. The van der Waals surface area contributed by atoms with Crippen molar-refractivity contribution < 1.29 is 9.59 Å². The minimum Gasteiger partial charge on any atom is -0.355 e. The molecule has 0 radical (unpaired) electrons. The van der Waals surface area contributed by atoms with Gasteiger partial charge in [0.1, 0.15) is 0 Å². The van der Waals surface area contributed by atoms with Crippen LogP contribution in [0.5, 0.6) is 0 Å². The van der Waals surface area contributed by atoms with Crippen molar-refractivity contribution in [3.63, 3.8) is 0 Å². The van der Waals surface area contributed by atoms with Gasteiger partial charge in [-0.2, -0.15) is 0 Å². The number of nitrogens with zero attached hydrogens (tertiary/aromatic N) is 2. The molecule has 1 aromatic rings. The number of aliphatic imine (C=N–C) groups is 1. The number of nitrogens with one attached hydrogen (secondary N) is 3. The maximum Gasteiger partial charge on any atom is 0.243 e. The molecule has 0 aliphatic heterocycles. The van der Waals surface area contributed by atoms with E-state index in [1.807, 2.05) is 30.3 Å². The third-order valence-corrected chi connectivity index (χ3v) is 4.71. The zero-order chi connectivity index (χ0) is 19.0. The van der Waals surface area contributed by atoms with Crippen molar-refractivity contribution in [1.29, 1.82) is 0 Å². The van der Waals surface area contributed by atoms with Gasteiger partial charge in [-0.25, -0.2) is 0 Å². The van der Waals surface area contributed by atoms with E-state index in [-0.39, 0.29) is 47.8 Å². The fraction of sp³-hybridized carbons (Fsp3) is 0.526. The summed E-state index contributed by atoms with van der Waals surface area (Å²) in [5.41, 5.74) is 0.372. The first-order valence-electron chi connectivity index (χ1n) is 8.98. The van der Waals surface area contributed by atoms with Crippen LogP contribution < -0.4 is 16.0 Å². The summed E-state index contributed by atoms with van der Waals surface area (Å²) < 4.78 is 0. The Hall–Kier alpha value is -1.84. The summed E-state index contributed by atoms with van der Waals surface area (Å²) in [5, 5.41) is 9.03. The van der Waals surface area contributed by atoms with Crippen molar-refractivity contribution in [2.45, 2.75) is 25.7 Å². The van der Waals surface area contributed by atoms with Crippen LogP contribution in [0.4, 0.5) is 5.69 Å². The van der Waals surface area contributed by atoms with E-state index in [0.717, 1.165) is 31.4 Å². The summed E-state index contributed by atoms with van der Waals surface area (Å²) in [6, 6.07) is 9.30. The first kappa shape index (κ1) is 23.2. The van der Waals surface area contributed by atoms with E-state index in [0.29, 0.717) is 12.5 Å². The Bertz CT molecular complexity index is 643. The molecule has 2 rings (SSSR count). The summed E-state index contributed by atoms with van der Waals surface area (Å²) in [7, 11) is 5.24. The van der Waals surface area contributed by atoms with E-state index >= 15 is 0 Å². The third-order valence-electron chi connectivity index (χ3n) is 4.71. The number of hydrogen-bond donors (Lipinski definition) is 3. The zero-order valence-electron chi connectivity index (χ0n) is 16.2. The molecule has 1 aromatic carbocycles. The average Bonchev–Trinajstić information content (AvgIpc) is 3.12. The maximum absolute atomic E-state index is 12.6. The lowest BCUT2D eigenvalue weighted by Crippen LogP contribution is -2.50. The van der Waals surface area contributed by atoms with E-state index in [4.69, 9.17) is 0 Å². The summed E-state index contributed by atoms with van der Waals surface area (Å²) in [5.74, 6) is 0.518. The monoisotopic (exact) mass is 487 g/mol. The molecule has 0 heterocycles. The highest BCUT2D eigenvalue weighted by atomic mass is 127. The van der Waals surface area contributed by atoms with Gasteiger partial charge in [0, 0.05) is 33.4 Å². The Morgan fingerprint density at radius 3 is 2.30 bits per heavy atom. The smallest absolute Gasteiger partial charge is 0.243 e. The zero-order valence-corrected chi connectivity index (χ0v) is 18.6. The van der Waals surface area contributed by atoms with Crippen LogP contribution in [0.15, 0.2) is 35.3 Å². The van der Waals surface area contributed by atoms with Crippen LogP contribution in [0.25, 0.3) is 0 Å². The van der Waals surface area contributed by atoms with Gasteiger partial charge in [0.05, 0.1) is 12.0 Å². The number of carbonyl (C=O) groups excluding carboxylic acids is 2. The van der Waals surface area contributed by atoms with Crippen LogP contribution in [0.1, 0.15) is 25.7 Å². The van der Waals surface area contributed by atoms with Gasteiger partial charge in [0.25, 0.3) is 0 Å². The summed E-state index contributed by atoms with van der Waals surface area (Å²) in [6.07, 6.45) is 3.88. The molecular formula is C19H30IN5O2. The van der Waals surface area contributed by atoms with Gasteiger partial charge in [-0.15, -0.1) is 24.0 Å². The van der Waals surface area contributed by atoms with Gasteiger partial charge in [0.2, 0.25) is 11.8 Å². The van der Waals surface area contributed by atoms with Gasteiger partial charge < -0.3 is 20.9 Å². The molecule has 150 valence electrons. The highest BCUT2D eigenvalue weighted by Crippen LogP contribution is 2.38. The van der Waals surface area contributed by atoms with Crippen molar-refractivity contribution in [1.82, 2.24) is 15.5 Å². The minimum absolute atomic E-state index is 0. The Kier molecular flexibility index (Phi) is 9.54. The number of para-hydroxylation sites is 1. The number of carbonyl (C=O) groups is 2. The van der Waals surface area contributed by atoms with Crippen molar-refractivity contribution in [2.75, 3.05) is 39.5 Å². The van der Waals surface area contributed by atoms with Crippen LogP contribution >= 0.6 is 24.0 Å². The second-order valence-corrected chi connectivity index (χ2v) is 6.88. The first-order valence-corrected chi connectivity index (χ1v) is 8.98. The Labute approximate surface area is 178 Å². The predicted octanol–water partition coefficient (Wildman–Crippen LogP) is 2.06. The number of amides is 2. The number of benzene rings is 1. The molecule has 0 atom stereocenters. The number of rotatable bonds is 6. The van der Waals surface area contributed by atoms with Crippen LogP contribution in [-0.4, -0.2) is 56.9 Å². The quantitative estimate of drug-likeness (QED) is 0.326. The normalized spacial score (nSPS) is 15.4. The number of halogens is 1. The molecule has 0 spiro atoms. The molecule has 7 nitrogen and oxygen atoms in total. The number of hydrogen-bond acceptors (Lipinski definition) is 3. The fourth-order valence-corrected chi connectivity index (χ4v) is 3.36. The van der Waals surface area contributed by atoms with E-state index in [1.54, 1.807) is 26.0 Å². The van der Waals surface area contributed by atoms with Crippen LogP contribution in [0, 0.1) is 5.41 Å². The van der Waals surface area contributed by atoms with Crippen molar-refractivity contribution in [3.05, 3.63) is 30.3 Å². The molecule has 0 aromatic heterocycles. The largest absolute Gasteiger partial charge is 0.355 e. The summed E-state index contributed by atoms with van der Waals surface area (Å²) in [4.78, 5) is 30.5. The highest BCUT2D eigenvalue weighted by Gasteiger charge is 2.42. The lowest BCUT2D eigenvalue weighted by atomic mass is 9.84. The van der Waals surface area contributed by atoms with Crippen LogP contribution in [0.3, 0.4) is 0 Å². The molecule has 1 aliphatic rings. The van der Waals surface area contributed by atoms with Gasteiger partial charge >= 0.3 is 0 Å². The Balaban J connectivity index is 0.00000364. The molecule has 2 amide bonds. The minimum atomic E-state index is -0.382. The molecule has 0 saturated heterocycles. The average molecular weight is 487 g/mol. The molecule has 8 heteroatoms. The molecule has 0 bridgehead atoms. The standard InChI is InChI=1S/C19H29N5O2.HI/c1-20-18(21-13-16(25)23-15-9-5-4-6-10-15)22-14-19(11-7-8-12-19)17(26)24(2)3;/h4-6,9-10H,7-8,11-14H2,1-3H3,(H,23,25)(H2,20,21,22);1H. The Morgan fingerprint density at radius 1 is 1.11 bits per heavy atom. The van der Waals surface area contributed by atoms with Crippen LogP contribution in [-0.2, 0) is 9.59 Å². The SMILES string of the molecule is CN=C(NCC(=O)Nc1ccccc1)NCC1(C(=O)N(C)C)CCCC1.I.